The molecule has 1 aromatic rings. The smallest absolute Gasteiger partial charge is 0.246 e. The van der Waals surface area contributed by atoms with E-state index in [0.29, 0.717) is 0 Å². The Morgan fingerprint density at radius 1 is 1.04 bits per heavy atom. The summed E-state index contributed by atoms with van der Waals surface area (Å²) in [5.41, 5.74) is 1.43. The third kappa shape index (κ3) is 4.98. The Morgan fingerprint density at radius 2 is 1.62 bits per heavy atom. The minimum atomic E-state index is -0.571. The lowest BCUT2D eigenvalue weighted by Gasteiger charge is -2.29. The number of rotatable bonds is 4. The maximum absolute atomic E-state index is 12.2. The molecule has 1 atom stereocenters. The molecule has 1 aliphatic rings. The molecule has 0 spiro atoms. The van der Waals surface area contributed by atoms with Crippen LogP contribution in [0.25, 0.3) is 0 Å². The van der Waals surface area contributed by atoms with Gasteiger partial charge in [-0.15, -0.1) is 0 Å². The second kappa shape index (κ2) is 7.69. The molecule has 1 aliphatic heterocycles. The highest BCUT2D eigenvalue weighted by Crippen LogP contribution is 2.22. The van der Waals surface area contributed by atoms with Gasteiger partial charge in [0.15, 0.2) is 0 Å². The Kier molecular flexibility index (Phi) is 5.86. The topological polar surface area (TPSA) is 61.4 Å². The zero-order valence-corrected chi connectivity index (χ0v) is 15.2. The van der Waals surface area contributed by atoms with Gasteiger partial charge >= 0.3 is 0 Å². The zero-order chi connectivity index (χ0) is 17.7. The van der Waals surface area contributed by atoms with Crippen LogP contribution in [0.2, 0.25) is 0 Å². The van der Waals surface area contributed by atoms with Crippen LogP contribution in [0.3, 0.4) is 0 Å². The minimum Gasteiger partial charge on any atom is -0.372 e. The number of nitrogens with one attached hydrogen (secondary N) is 2. The van der Waals surface area contributed by atoms with E-state index in [2.05, 4.69) is 15.5 Å². The number of hydrogen-bond donors (Lipinski definition) is 2. The molecule has 1 aromatic carbocycles. The number of piperidine rings is 1. The zero-order valence-electron chi connectivity index (χ0n) is 15.2. The van der Waals surface area contributed by atoms with Crippen molar-refractivity contribution < 1.29 is 9.59 Å². The van der Waals surface area contributed by atoms with Gasteiger partial charge in [0.1, 0.15) is 6.04 Å². The Labute approximate surface area is 144 Å². The van der Waals surface area contributed by atoms with Gasteiger partial charge < -0.3 is 15.5 Å². The van der Waals surface area contributed by atoms with E-state index in [1.54, 1.807) is 6.92 Å². The Balaban J connectivity index is 1.90. The Hall–Kier alpha value is -2.04. The van der Waals surface area contributed by atoms with Crippen molar-refractivity contribution >= 4 is 23.2 Å². The molecular formula is C19H29N3O2. The van der Waals surface area contributed by atoms with Crippen LogP contribution in [0.1, 0.15) is 47.0 Å². The first kappa shape index (κ1) is 18.3. The van der Waals surface area contributed by atoms with E-state index >= 15 is 0 Å². The number of carbonyl (C=O) groups excluding carboxylic acids is 2. The largest absolute Gasteiger partial charge is 0.372 e. The van der Waals surface area contributed by atoms with Crippen molar-refractivity contribution in [1.82, 2.24) is 5.32 Å². The average molecular weight is 331 g/mol. The standard InChI is InChI=1S/C19H29N3O2/c1-14(20-18(24)19(2,3)4)17(23)21-15-8-10-16(11-9-15)22-12-6-5-7-13-22/h8-11,14H,5-7,12-13H2,1-4H3,(H,20,24)(H,21,23). The summed E-state index contributed by atoms with van der Waals surface area (Å²) in [4.78, 5) is 26.6. The normalized spacial score (nSPS) is 16.4. The molecule has 0 aromatic heterocycles. The maximum atomic E-state index is 12.2. The van der Waals surface area contributed by atoms with Crippen LogP contribution in [-0.4, -0.2) is 30.9 Å². The van der Waals surface area contributed by atoms with E-state index in [1.807, 2.05) is 45.0 Å². The van der Waals surface area contributed by atoms with Gasteiger partial charge in [-0.2, -0.15) is 0 Å². The van der Waals surface area contributed by atoms with Gasteiger partial charge in [0, 0.05) is 29.9 Å². The molecule has 0 aliphatic carbocycles. The highest BCUT2D eigenvalue weighted by Gasteiger charge is 2.25. The van der Waals surface area contributed by atoms with E-state index in [4.69, 9.17) is 0 Å². The van der Waals surface area contributed by atoms with Gasteiger partial charge in [-0.1, -0.05) is 20.8 Å². The number of hydrogen-bond acceptors (Lipinski definition) is 3. The predicted octanol–water partition coefficient (Wildman–Crippen LogP) is 3.17. The van der Waals surface area contributed by atoms with Gasteiger partial charge in [-0.25, -0.2) is 0 Å². The molecule has 132 valence electrons. The number of carbonyl (C=O) groups is 2. The summed E-state index contributed by atoms with van der Waals surface area (Å²) < 4.78 is 0. The van der Waals surface area contributed by atoms with Crippen LogP contribution in [0.5, 0.6) is 0 Å². The number of benzene rings is 1. The fourth-order valence-electron chi connectivity index (χ4n) is 2.64. The lowest BCUT2D eigenvalue weighted by molar-refractivity contribution is -0.131. The van der Waals surface area contributed by atoms with Crippen molar-refractivity contribution in [2.24, 2.45) is 5.41 Å². The summed E-state index contributed by atoms with van der Waals surface area (Å²) in [5, 5.41) is 5.60. The molecule has 1 saturated heterocycles. The molecule has 5 heteroatoms. The van der Waals surface area contributed by atoms with Crippen molar-refractivity contribution in [2.75, 3.05) is 23.3 Å². The second-order valence-electron chi connectivity index (χ2n) is 7.53. The molecule has 1 unspecified atom stereocenters. The van der Waals surface area contributed by atoms with Crippen molar-refractivity contribution in [1.29, 1.82) is 0 Å². The molecule has 0 radical (unpaired) electrons. The monoisotopic (exact) mass is 331 g/mol. The molecule has 1 heterocycles. The SMILES string of the molecule is CC(NC(=O)C(C)(C)C)C(=O)Nc1ccc(N2CCCCC2)cc1. The molecule has 2 N–H and O–H groups in total. The quantitative estimate of drug-likeness (QED) is 0.891. The highest BCUT2D eigenvalue weighted by atomic mass is 16.2. The summed E-state index contributed by atoms with van der Waals surface area (Å²) in [6.45, 7) is 9.37. The Morgan fingerprint density at radius 3 is 2.17 bits per heavy atom. The third-order valence-corrected chi connectivity index (χ3v) is 4.28. The van der Waals surface area contributed by atoms with Crippen molar-refractivity contribution in [2.45, 2.75) is 53.0 Å². The molecule has 2 amide bonds. The lowest BCUT2D eigenvalue weighted by atomic mass is 9.95. The van der Waals surface area contributed by atoms with Crippen molar-refractivity contribution in [3.63, 3.8) is 0 Å². The summed E-state index contributed by atoms with van der Waals surface area (Å²) in [6.07, 6.45) is 3.79. The van der Waals surface area contributed by atoms with Gasteiger partial charge in [-0.3, -0.25) is 9.59 Å². The summed E-state index contributed by atoms with van der Waals surface area (Å²) in [5.74, 6) is -0.344. The van der Waals surface area contributed by atoms with Crippen molar-refractivity contribution in [3.05, 3.63) is 24.3 Å². The molecule has 1 fully saturated rings. The summed E-state index contributed by atoms with van der Waals surface area (Å²) in [7, 11) is 0. The summed E-state index contributed by atoms with van der Waals surface area (Å²) in [6, 6.07) is 7.34. The van der Waals surface area contributed by atoms with Gasteiger partial charge in [-0.05, 0) is 50.5 Å². The fraction of sp³-hybridized carbons (Fsp3) is 0.579. The fourth-order valence-corrected chi connectivity index (χ4v) is 2.64. The maximum Gasteiger partial charge on any atom is 0.246 e. The van der Waals surface area contributed by atoms with E-state index < -0.39 is 11.5 Å². The van der Waals surface area contributed by atoms with Crippen LogP contribution < -0.4 is 15.5 Å². The second-order valence-corrected chi connectivity index (χ2v) is 7.53. The van der Waals surface area contributed by atoms with Crippen LogP contribution in [0.4, 0.5) is 11.4 Å². The van der Waals surface area contributed by atoms with Gasteiger partial charge in [0.2, 0.25) is 11.8 Å². The molecule has 5 nitrogen and oxygen atoms in total. The van der Waals surface area contributed by atoms with Crippen molar-refractivity contribution in [3.8, 4) is 0 Å². The number of nitrogens with zero attached hydrogens (tertiary/aromatic N) is 1. The first-order valence-corrected chi connectivity index (χ1v) is 8.74. The van der Waals surface area contributed by atoms with Gasteiger partial charge in [0.25, 0.3) is 0 Å². The van der Waals surface area contributed by atoms with Gasteiger partial charge in [0.05, 0.1) is 0 Å². The number of anilines is 2. The van der Waals surface area contributed by atoms with Crippen LogP contribution in [-0.2, 0) is 9.59 Å². The van der Waals surface area contributed by atoms with E-state index in [0.717, 1.165) is 18.8 Å². The lowest BCUT2D eigenvalue weighted by Crippen LogP contribution is -2.46. The molecule has 0 bridgehead atoms. The van der Waals surface area contributed by atoms with Crippen LogP contribution in [0.15, 0.2) is 24.3 Å². The van der Waals surface area contributed by atoms with Crippen LogP contribution >= 0.6 is 0 Å². The van der Waals surface area contributed by atoms with E-state index in [1.165, 1.54) is 24.9 Å². The predicted molar refractivity (Wildman–Crippen MR) is 98.2 cm³/mol. The molecule has 2 rings (SSSR count). The minimum absolute atomic E-state index is 0.134. The first-order chi connectivity index (χ1) is 11.3. The molecule has 24 heavy (non-hydrogen) atoms. The molecule has 0 saturated carbocycles. The number of amides is 2. The highest BCUT2D eigenvalue weighted by molar-refractivity contribution is 5.97. The summed E-state index contributed by atoms with van der Waals surface area (Å²) >= 11 is 0. The van der Waals surface area contributed by atoms with E-state index in [-0.39, 0.29) is 11.8 Å². The first-order valence-electron chi connectivity index (χ1n) is 8.74. The van der Waals surface area contributed by atoms with E-state index in [9.17, 15) is 9.59 Å². The molecular weight excluding hydrogens is 302 g/mol. The third-order valence-electron chi connectivity index (χ3n) is 4.28. The van der Waals surface area contributed by atoms with Crippen LogP contribution in [0, 0.1) is 5.41 Å². The Bertz CT molecular complexity index is 569. The average Bonchev–Trinajstić information content (AvgIpc) is 2.55.